The van der Waals surface area contributed by atoms with Gasteiger partial charge in [0.15, 0.2) is 0 Å². The first-order valence-electron chi connectivity index (χ1n) is 7.38. The molecule has 0 aromatic heterocycles. The number of benzene rings is 1. The molecule has 1 aromatic carbocycles. The Labute approximate surface area is 125 Å². The molecule has 1 aliphatic heterocycles. The van der Waals surface area contributed by atoms with Gasteiger partial charge in [-0.1, -0.05) is 30.3 Å². The van der Waals surface area contributed by atoms with Crippen LogP contribution in [0.15, 0.2) is 30.3 Å². The van der Waals surface area contributed by atoms with Crippen LogP contribution in [0.2, 0.25) is 0 Å². The summed E-state index contributed by atoms with van der Waals surface area (Å²) in [7, 11) is 1.34. The molecular formula is C16H22N2O3. The quantitative estimate of drug-likeness (QED) is 0.862. The number of amides is 2. The molecule has 1 N–H and O–H groups in total. The number of nitrogens with one attached hydrogen (secondary N) is 1. The molecule has 5 nitrogen and oxygen atoms in total. The minimum absolute atomic E-state index is 0.180. The minimum Gasteiger partial charge on any atom is -0.467 e. The summed E-state index contributed by atoms with van der Waals surface area (Å²) in [6.07, 6.45) is 3.64. The largest absolute Gasteiger partial charge is 0.467 e. The van der Waals surface area contributed by atoms with E-state index < -0.39 is 12.0 Å². The number of likely N-dealkylation sites (tertiary alicyclic amines) is 1. The fourth-order valence-corrected chi connectivity index (χ4v) is 2.52. The first-order valence-corrected chi connectivity index (χ1v) is 7.38. The molecule has 2 amide bonds. The maximum Gasteiger partial charge on any atom is 0.328 e. The van der Waals surface area contributed by atoms with Crippen molar-refractivity contribution in [3.8, 4) is 0 Å². The number of carbonyl (C=O) groups is 2. The van der Waals surface area contributed by atoms with Crippen LogP contribution in [0.25, 0.3) is 0 Å². The van der Waals surface area contributed by atoms with Crippen LogP contribution >= 0.6 is 0 Å². The van der Waals surface area contributed by atoms with Crippen LogP contribution in [0, 0.1) is 0 Å². The van der Waals surface area contributed by atoms with Crippen molar-refractivity contribution in [1.29, 1.82) is 0 Å². The summed E-state index contributed by atoms with van der Waals surface area (Å²) >= 11 is 0. The van der Waals surface area contributed by atoms with E-state index in [1.807, 2.05) is 30.3 Å². The SMILES string of the molecule is COC(=O)C(Cc1ccccc1)NC(=O)N1CCCCC1. The van der Waals surface area contributed by atoms with Crippen molar-refractivity contribution in [2.24, 2.45) is 0 Å². The van der Waals surface area contributed by atoms with E-state index >= 15 is 0 Å². The highest BCUT2D eigenvalue weighted by Crippen LogP contribution is 2.10. The molecule has 21 heavy (non-hydrogen) atoms. The maximum atomic E-state index is 12.2. The lowest BCUT2D eigenvalue weighted by atomic mass is 10.1. The van der Waals surface area contributed by atoms with Gasteiger partial charge in [-0.05, 0) is 24.8 Å². The molecule has 114 valence electrons. The molecule has 5 heteroatoms. The molecule has 0 radical (unpaired) electrons. The monoisotopic (exact) mass is 290 g/mol. The highest BCUT2D eigenvalue weighted by molar-refractivity contribution is 5.83. The van der Waals surface area contributed by atoms with Crippen LogP contribution in [0.1, 0.15) is 24.8 Å². The number of methoxy groups -OCH3 is 1. The first kappa shape index (κ1) is 15.4. The van der Waals surface area contributed by atoms with Gasteiger partial charge >= 0.3 is 12.0 Å². The van der Waals surface area contributed by atoms with Gasteiger partial charge in [0.1, 0.15) is 6.04 Å². The van der Waals surface area contributed by atoms with Gasteiger partial charge < -0.3 is 15.0 Å². The second-order valence-electron chi connectivity index (χ2n) is 5.26. The molecule has 1 aliphatic rings. The second kappa shape index (κ2) is 7.67. The Bertz CT molecular complexity index is 470. The van der Waals surface area contributed by atoms with Gasteiger partial charge in [0, 0.05) is 19.5 Å². The zero-order valence-electron chi connectivity index (χ0n) is 12.4. The molecule has 1 saturated heterocycles. The summed E-state index contributed by atoms with van der Waals surface area (Å²) in [4.78, 5) is 25.9. The van der Waals surface area contributed by atoms with Gasteiger partial charge in [-0.3, -0.25) is 0 Å². The minimum atomic E-state index is -0.646. The lowest BCUT2D eigenvalue weighted by molar-refractivity contribution is -0.142. The van der Waals surface area contributed by atoms with Crippen LogP contribution in [0.3, 0.4) is 0 Å². The van der Waals surface area contributed by atoms with Crippen molar-refractivity contribution in [2.45, 2.75) is 31.7 Å². The van der Waals surface area contributed by atoms with Crippen molar-refractivity contribution >= 4 is 12.0 Å². The molecule has 1 unspecified atom stereocenters. The third-order valence-corrected chi connectivity index (χ3v) is 3.71. The molecule has 1 heterocycles. The van der Waals surface area contributed by atoms with Crippen molar-refractivity contribution < 1.29 is 14.3 Å². The zero-order chi connectivity index (χ0) is 15.1. The van der Waals surface area contributed by atoms with E-state index in [-0.39, 0.29) is 6.03 Å². The van der Waals surface area contributed by atoms with Crippen molar-refractivity contribution in [2.75, 3.05) is 20.2 Å². The predicted octanol–water partition coefficient (Wildman–Crippen LogP) is 1.97. The van der Waals surface area contributed by atoms with Crippen molar-refractivity contribution in [3.05, 3.63) is 35.9 Å². The lowest BCUT2D eigenvalue weighted by Gasteiger charge is -2.28. The number of hydrogen-bond acceptors (Lipinski definition) is 3. The fourth-order valence-electron chi connectivity index (χ4n) is 2.52. The van der Waals surface area contributed by atoms with E-state index in [1.165, 1.54) is 7.11 Å². The van der Waals surface area contributed by atoms with E-state index in [1.54, 1.807) is 4.90 Å². The number of rotatable bonds is 4. The number of hydrogen-bond donors (Lipinski definition) is 1. The summed E-state index contributed by atoms with van der Waals surface area (Å²) in [5.41, 5.74) is 0.992. The van der Waals surface area contributed by atoms with E-state index in [2.05, 4.69) is 5.32 Å². The average molecular weight is 290 g/mol. The van der Waals surface area contributed by atoms with Gasteiger partial charge in [0.05, 0.1) is 7.11 Å². The van der Waals surface area contributed by atoms with Gasteiger partial charge in [-0.25, -0.2) is 9.59 Å². The molecule has 0 aliphatic carbocycles. The third kappa shape index (κ3) is 4.48. The fraction of sp³-hybridized carbons (Fsp3) is 0.500. The zero-order valence-corrected chi connectivity index (χ0v) is 12.4. The Kier molecular flexibility index (Phi) is 5.60. The smallest absolute Gasteiger partial charge is 0.328 e. The van der Waals surface area contributed by atoms with Crippen molar-refractivity contribution in [3.63, 3.8) is 0 Å². The highest BCUT2D eigenvalue weighted by Gasteiger charge is 2.25. The summed E-state index contributed by atoms with van der Waals surface area (Å²) in [5, 5.41) is 2.80. The molecule has 2 rings (SSSR count). The van der Waals surface area contributed by atoms with E-state index in [0.29, 0.717) is 6.42 Å². The van der Waals surface area contributed by atoms with Crippen LogP contribution in [-0.4, -0.2) is 43.1 Å². The molecular weight excluding hydrogens is 268 g/mol. The third-order valence-electron chi connectivity index (χ3n) is 3.71. The number of nitrogens with zero attached hydrogens (tertiary/aromatic N) is 1. The molecule has 0 spiro atoms. The Morgan fingerprint density at radius 1 is 1.19 bits per heavy atom. The Balaban J connectivity index is 1.99. The Hall–Kier alpha value is -2.04. The first-order chi connectivity index (χ1) is 10.2. The number of carbonyl (C=O) groups excluding carboxylic acids is 2. The number of piperidine rings is 1. The molecule has 0 saturated carbocycles. The number of esters is 1. The Morgan fingerprint density at radius 2 is 1.86 bits per heavy atom. The molecule has 1 atom stereocenters. The standard InChI is InChI=1S/C16H22N2O3/c1-21-15(19)14(12-13-8-4-2-5-9-13)17-16(20)18-10-6-3-7-11-18/h2,4-5,8-9,14H,3,6-7,10-12H2,1H3,(H,17,20). The van der Waals surface area contributed by atoms with Crippen LogP contribution in [-0.2, 0) is 16.0 Å². The number of urea groups is 1. The Morgan fingerprint density at radius 3 is 2.48 bits per heavy atom. The lowest BCUT2D eigenvalue weighted by Crippen LogP contribution is -2.50. The molecule has 0 bridgehead atoms. The van der Waals surface area contributed by atoms with E-state index in [4.69, 9.17) is 4.74 Å². The summed E-state index contributed by atoms with van der Waals surface area (Å²) < 4.78 is 4.80. The van der Waals surface area contributed by atoms with Gasteiger partial charge in [0.25, 0.3) is 0 Å². The summed E-state index contributed by atoms with van der Waals surface area (Å²) in [6, 6.07) is 8.79. The maximum absolute atomic E-state index is 12.2. The summed E-state index contributed by atoms with van der Waals surface area (Å²) in [6.45, 7) is 1.51. The highest BCUT2D eigenvalue weighted by atomic mass is 16.5. The second-order valence-corrected chi connectivity index (χ2v) is 5.26. The molecule has 1 fully saturated rings. The van der Waals surface area contributed by atoms with E-state index in [0.717, 1.165) is 37.9 Å². The topological polar surface area (TPSA) is 58.6 Å². The van der Waals surface area contributed by atoms with Gasteiger partial charge in [0.2, 0.25) is 0 Å². The van der Waals surface area contributed by atoms with Gasteiger partial charge in [-0.15, -0.1) is 0 Å². The number of ether oxygens (including phenoxy) is 1. The van der Waals surface area contributed by atoms with Gasteiger partial charge in [-0.2, -0.15) is 0 Å². The predicted molar refractivity (Wildman–Crippen MR) is 79.9 cm³/mol. The average Bonchev–Trinajstić information content (AvgIpc) is 2.55. The summed E-state index contributed by atoms with van der Waals surface area (Å²) in [5.74, 6) is -0.413. The normalized spacial score (nSPS) is 16.1. The van der Waals surface area contributed by atoms with Crippen LogP contribution < -0.4 is 5.32 Å². The molecule has 1 aromatic rings. The van der Waals surface area contributed by atoms with Crippen molar-refractivity contribution in [1.82, 2.24) is 10.2 Å². The van der Waals surface area contributed by atoms with Crippen LogP contribution in [0.5, 0.6) is 0 Å². The van der Waals surface area contributed by atoms with E-state index in [9.17, 15) is 9.59 Å². The van der Waals surface area contributed by atoms with Crippen LogP contribution in [0.4, 0.5) is 4.79 Å².